The average molecular weight is 185 g/mol. The lowest BCUT2D eigenvalue weighted by Crippen LogP contribution is -2.05. The van der Waals surface area contributed by atoms with Crippen LogP contribution in [0.15, 0.2) is 12.3 Å². The van der Waals surface area contributed by atoms with E-state index in [-0.39, 0.29) is 0 Å². The SMILES string of the molecule is CC(C)c1ncc(Cl)cc1CN. The smallest absolute Gasteiger partial charge is 0.0592 e. The van der Waals surface area contributed by atoms with Crippen molar-refractivity contribution in [3.63, 3.8) is 0 Å². The highest BCUT2D eigenvalue weighted by Gasteiger charge is 2.06. The molecule has 0 saturated heterocycles. The van der Waals surface area contributed by atoms with Crippen LogP contribution >= 0.6 is 11.6 Å². The van der Waals surface area contributed by atoms with E-state index in [4.69, 9.17) is 17.3 Å². The van der Waals surface area contributed by atoms with Crippen LogP contribution < -0.4 is 5.73 Å². The van der Waals surface area contributed by atoms with Gasteiger partial charge in [-0.2, -0.15) is 0 Å². The molecule has 0 atom stereocenters. The van der Waals surface area contributed by atoms with Gasteiger partial charge in [-0.3, -0.25) is 4.98 Å². The number of halogens is 1. The Morgan fingerprint density at radius 3 is 2.75 bits per heavy atom. The van der Waals surface area contributed by atoms with Gasteiger partial charge in [0, 0.05) is 18.4 Å². The lowest BCUT2D eigenvalue weighted by Gasteiger charge is -2.09. The van der Waals surface area contributed by atoms with Gasteiger partial charge >= 0.3 is 0 Å². The van der Waals surface area contributed by atoms with E-state index in [9.17, 15) is 0 Å². The molecule has 0 fully saturated rings. The van der Waals surface area contributed by atoms with E-state index in [1.165, 1.54) is 0 Å². The summed E-state index contributed by atoms with van der Waals surface area (Å²) in [4.78, 5) is 4.24. The van der Waals surface area contributed by atoms with Crippen LogP contribution in [-0.4, -0.2) is 4.98 Å². The Labute approximate surface area is 77.8 Å². The first-order chi connectivity index (χ1) is 5.65. The maximum Gasteiger partial charge on any atom is 0.0592 e. The first kappa shape index (κ1) is 9.49. The summed E-state index contributed by atoms with van der Waals surface area (Å²) in [6, 6.07) is 1.88. The van der Waals surface area contributed by atoms with Crippen molar-refractivity contribution in [1.29, 1.82) is 0 Å². The molecule has 0 aliphatic rings. The minimum Gasteiger partial charge on any atom is -0.326 e. The minimum absolute atomic E-state index is 0.404. The molecule has 3 heteroatoms. The van der Waals surface area contributed by atoms with Gasteiger partial charge in [-0.05, 0) is 17.5 Å². The molecule has 0 amide bonds. The lowest BCUT2D eigenvalue weighted by molar-refractivity contribution is 0.796. The molecule has 0 aromatic carbocycles. The Kier molecular flexibility index (Phi) is 3.06. The van der Waals surface area contributed by atoms with E-state index < -0.39 is 0 Å². The van der Waals surface area contributed by atoms with E-state index in [1.807, 2.05) is 6.07 Å². The third-order valence-corrected chi connectivity index (χ3v) is 1.94. The van der Waals surface area contributed by atoms with Gasteiger partial charge in [0.05, 0.1) is 5.02 Å². The molecular weight excluding hydrogens is 172 g/mol. The van der Waals surface area contributed by atoms with Crippen LogP contribution in [-0.2, 0) is 6.54 Å². The van der Waals surface area contributed by atoms with Crippen LogP contribution in [0.25, 0.3) is 0 Å². The number of pyridine rings is 1. The zero-order chi connectivity index (χ0) is 9.14. The van der Waals surface area contributed by atoms with Crippen molar-refractivity contribution in [3.05, 3.63) is 28.5 Å². The van der Waals surface area contributed by atoms with Crippen LogP contribution in [0.2, 0.25) is 5.02 Å². The second-order valence-electron chi connectivity index (χ2n) is 3.06. The molecule has 2 nitrogen and oxygen atoms in total. The van der Waals surface area contributed by atoms with Gasteiger partial charge in [-0.1, -0.05) is 25.4 Å². The monoisotopic (exact) mass is 184 g/mol. The van der Waals surface area contributed by atoms with Crippen molar-refractivity contribution in [2.45, 2.75) is 26.3 Å². The normalized spacial score (nSPS) is 10.8. The Hall–Kier alpha value is -0.600. The molecule has 0 unspecified atom stereocenters. The highest BCUT2D eigenvalue weighted by Crippen LogP contribution is 2.19. The highest BCUT2D eigenvalue weighted by molar-refractivity contribution is 6.30. The molecule has 0 bridgehead atoms. The number of rotatable bonds is 2. The fourth-order valence-electron chi connectivity index (χ4n) is 1.18. The summed E-state index contributed by atoms with van der Waals surface area (Å²) in [6.45, 7) is 4.69. The fourth-order valence-corrected chi connectivity index (χ4v) is 1.36. The first-order valence-corrected chi connectivity index (χ1v) is 4.37. The quantitative estimate of drug-likeness (QED) is 0.766. The van der Waals surface area contributed by atoms with Crippen molar-refractivity contribution in [1.82, 2.24) is 4.98 Å². The molecule has 0 aliphatic carbocycles. The molecular formula is C9H13ClN2. The van der Waals surface area contributed by atoms with Crippen LogP contribution in [0, 0.1) is 0 Å². The van der Waals surface area contributed by atoms with Gasteiger partial charge in [0.2, 0.25) is 0 Å². The van der Waals surface area contributed by atoms with E-state index in [0.29, 0.717) is 17.5 Å². The third-order valence-electron chi connectivity index (χ3n) is 1.73. The summed E-state index contributed by atoms with van der Waals surface area (Å²) in [5, 5.41) is 0.653. The van der Waals surface area contributed by atoms with Crippen molar-refractivity contribution in [3.8, 4) is 0 Å². The molecule has 0 radical (unpaired) electrons. The molecule has 1 rings (SSSR count). The van der Waals surface area contributed by atoms with Crippen molar-refractivity contribution >= 4 is 11.6 Å². The van der Waals surface area contributed by atoms with Crippen LogP contribution in [0.4, 0.5) is 0 Å². The Morgan fingerprint density at radius 2 is 2.25 bits per heavy atom. The van der Waals surface area contributed by atoms with Crippen LogP contribution in [0.1, 0.15) is 31.0 Å². The number of nitrogens with zero attached hydrogens (tertiary/aromatic N) is 1. The largest absolute Gasteiger partial charge is 0.326 e. The van der Waals surface area contributed by atoms with Crippen molar-refractivity contribution in [2.75, 3.05) is 0 Å². The van der Waals surface area contributed by atoms with Crippen molar-refractivity contribution < 1.29 is 0 Å². The minimum atomic E-state index is 0.404. The summed E-state index contributed by atoms with van der Waals surface area (Å²) in [5.74, 6) is 0.404. The summed E-state index contributed by atoms with van der Waals surface area (Å²) in [6.07, 6.45) is 1.66. The Morgan fingerprint density at radius 1 is 1.58 bits per heavy atom. The number of aromatic nitrogens is 1. The van der Waals surface area contributed by atoms with Crippen molar-refractivity contribution in [2.24, 2.45) is 5.73 Å². The summed E-state index contributed by atoms with van der Waals surface area (Å²) < 4.78 is 0. The van der Waals surface area contributed by atoms with E-state index in [0.717, 1.165) is 11.3 Å². The fraction of sp³-hybridized carbons (Fsp3) is 0.444. The van der Waals surface area contributed by atoms with Gasteiger partial charge in [-0.25, -0.2) is 0 Å². The third kappa shape index (κ3) is 1.96. The van der Waals surface area contributed by atoms with Gasteiger partial charge in [0.15, 0.2) is 0 Å². The number of hydrogen-bond donors (Lipinski definition) is 1. The zero-order valence-electron chi connectivity index (χ0n) is 7.34. The van der Waals surface area contributed by atoms with Gasteiger partial charge in [0.1, 0.15) is 0 Å². The molecule has 1 aromatic rings. The number of hydrogen-bond acceptors (Lipinski definition) is 2. The topological polar surface area (TPSA) is 38.9 Å². The van der Waals surface area contributed by atoms with Crippen LogP contribution in [0.3, 0.4) is 0 Å². The maximum absolute atomic E-state index is 5.78. The molecule has 66 valence electrons. The predicted molar refractivity (Wildman–Crippen MR) is 51.2 cm³/mol. The second kappa shape index (κ2) is 3.87. The van der Waals surface area contributed by atoms with Crippen LogP contribution in [0.5, 0.6) is 0 Å². The summed E-state index contributed by atoms with van der Waals surface area (Å²) in [5.41, 5.74) is 7.64. The van der Waals surface area contributed by atoms with E-state index in [1.54, 1.807) is 6.20 Å². The second-order valence-corrected chi connectivity index (χ2v) is 3.49. The molecule has 12 heavy (non-hydrogen) atoms. The molecule has 0 aliphatic heterocycles. The molecule has 1 heterocycles. The Balaban J connectivity index is 3.11. The summed E-state index contributed by atoms with van der Waals surface area (Å²) >= 11 is 5.78. The standard InChI is InChI=1S/C9H13ClN2/c1-6(2)9-7(4-11)3-8(10)5-12-9/h3,5-6H,4,11H2,1-2H3. The first-order valence-electron chi connectivity index (χ1n) is 3.99. The zero-order valence-corrected chi connectivity index (χ0v) is 8.10. The van der Waals surface area contributed by atoms with E-state index in [2.05, 4.69) is 18.8 Å². The average Bonchev–Trinajstić information content (AvgIpc) is 2.03. The number of nitrogens with two attached hydrogens (primary N) is 1. The maximum atomic E-state index is 5.78. The predicted octanol–water partition coefficient (Wildman–Crippen LogP) is 2.32. The molecule has 1 aromatic heterocycles. The molecule has 2 N–H and O–H groups in total. The van der Waals surface area contributed by atoms with Gasteiger partial charge < -0.3 is 5.73 Å². The van der Waals surface area contributed by atoms with E-state index >= 15 is 0 Å². The van der Waals surface area contributed by atoms with Gasteiger partial charge in [-0.15, -0.1) is 0 Å². The summed E-state index contributed by atoms with van der Waals surface area (Å²) in [7, 11) is 0. The highest BCUT2D eigenvalue weighted by atomic mass is 35.5. The lowest BCUT2D eigenvalue weighted by atomic mass is 10.0. The molecule has 0 saturated carbocycles. The molecule has 0 spiro atoms. The Bertz CT molecular complexity index is 271. The van der Waals surface area contributed by atoms with Gasteiger partial charge in [0.25, 0.3) is 0 Å².